The Balaban J connectivity index is 2.53. The molecule has 1 aliphatic rings. The van der Waals surface area contributed by atoms with E-state index in [1.165, 1.54) is 6.42 Å². The molecule has 0 N–H and O–H groups in total. The molecule has 1 aliphatic heterocycles. The summed E-state index contributed by atoms with van der Waals surface area (Å²) in [6.45, 7) is 2.66. The summed E-state index contributed by atoms with van der Waals surface area (Å²) in [4.78, 5) is 4.19. The highest BCUT2D eigenvalue weighted by molar-refractivity contribution is 5.78. The van der Waals surface area contributed by atoms with Gasteiger partial charge in [-0.2, -0.15) is 0 Å². The lowest BCUT2D eigenvalue weighted by Gasteiger charge is -2.04. The van der Waals surface area contributed by atoms with E-state index >= 15 is 0 Å². The number of hydrogen-bond donors (Lipinski definition) is 0. The Morgan fingerprint density at radius 2 is 2.50 bits per heavy atom. The molecule has 0 fully saturated rings. The van der Waals surface area contributed by atoms with Crippen LogP contribution in [-0.4, -0.2) is 19.4 Å². The lowest BCUT2D eigenvalue weighted by molar-refractivity contribution is 0.526. The maximum atomic E-state index is 12.3. The fourth-order valence-corrected chi connectivity index (χ4v) is 1.34. The van der Waals surface area contributed by atoms with Crippen LogP contribution in [0.15, 0.2) is 16.6 Å². The topological polar surface area (TPSA) is 12.4 Å². The van der Waals surface area contributed by atoms with E-state index in [1.54, 1.807) is 6.21 Å². The summed E-state index contributed by atoms with van der Waals surface area (Å²) in [5.41, 5.74) is 0.740. The molecule has 1 heterocycles. The van der Waals surface area contributed by atoms with Crippen molar-refractivity contribution in [1.29, 1.82) is 0 Å². The standard InChI is InChI=1S/C10H16FN/c1-9-4-2-3-5-10(6-11)8-12-7-9/h5,8-9H,2-4,6-7H2,1H3/b10-5-,12-8?/t9-/m0/s1. The van der Waals surface area contributed by atoms with E-state index in [9.17, 15) is 4.39 Å². The number of allylic oxidation sites excluding steroid dienone is 2. The van der Waals surface area contributed by atoms with Crippen molar-refractivity contribution in [3.8, 4) is 0 Å². The molecule has 2 heteroatoms. The summed E-state index contributed by atoms with van der Waals surface area (Å²) in [7, 11) is 0. The monoisotopic (exact) mass is 169 g/mol. The largest absolute Gasteiger partial charge is 0.293 e. The maximum absolute atomic E-state index is 12.3. The lowest BCUT2D eigenvalue weighted by Crippen LogP contribution is -1.98. The number of alkyl halides is 1. The maximum Gasteiger partial charge on any atom is 0.116 e. The van der Waals surface area contributed by atoms with Crippen molar-refractivity contribution >= 4 is 6.21 Å². The molecule has 0 bridgehead atoms. The van der Waals surface area contributed by atoms with Crippen LogP contribution in [0.1, 0.15) is 26.2 Å². The highest BCUT2D eigenvalue weighted by atomic mass is 19.1. The minimum absolute atomic E-state index is 0.377. The zero-order chi connectivity index (χ0) is 8.81. The molecule has 1 atom stereocenters. The Labute approximate surface area is 73.4 Å². The van der Waals surface area contributed by atoms with Crippen LogP contribution in [0.3, 0.4) is 0 Å². The van der Waals surface area contributed by atoms with Gasteiger partial charge in [-0.15, -0.1) is 0 Å². The van der Waals surface area contributed by atoms with Crippen LogP contribution in [0.25, 0.3) is 0 Å². The summed E-state index contributed by atoms with van der Waals surface area (Å²) in [6.07, 6.45) is 7.00. The van der Waals surface area contributed by atoms with Gasteiger partial charge in [0, 0.05) is 12.8 Å². The first kappa shape index (κ1) is 9.43. The molecule has 1 nitrogen and oxygen atoms in total. The zero-order valence-electron chi connectivity index (χ0n) is 7.59. The predicted octanol–water partition coefficient (Wildman–Crippen LogP) is 2.77. The van der Waals surface area contributed by atoms with Gasteiger partial charge in [0.1, 0.15) is 6.67 Å². The molecule has 0 saturated carbocycles. The number of aliphatic imine (C=N–C) groups is 1. The van der Waals surface area contributed by atoms with Crippen LogP contribution in [0.5, 0.6) is 0 Å². The SMILES string of the molecule is C[C@H]1CCC/C=C(/CF)C=NC1. The second-order valence-electron chi connectivity index (χ2n) is 3.44. The summed E-state index contributed by atoms with van der Waals surface area (Å²) in [5, 5.41) is 0. The Morgan fingerprint density at radius 1 is 1.67 bits per heavy atom. The highest BCUT2D eigenvalue weighted by Gasteiger charge is 2.02. The van der Waals surface area contributed by atoms with Gasteiger partial charge in [0.25, 0.3) is 0 Å². The van der Waals surface area contributed by atoms with Crippen molar-refractivity contribution in [1.82, 2.24) is 0 Å². The van der Waals surface area contributed by atoms with Gasteiger partial charge in [-0.05, 0) is 30.8 Å². The first-order chi connectivity index (χ1) is 5.83. The van der Waals surface area contributed by atoms with Gasteiger partial charge in [0.15, 0.2) is 0 Å². The van der Waals surface area contributed by atoms with E-state index < -0.39 is 0 Å². The Morgan fingerprint density at radius 3 is 3.25 bits per heavy atom. The minimum Gasteiger partial charge on any atom is -0.293 e. The normalized spacial score (nSPS) is 29.8. The second-order valence-corrected chi connectivity index (χ2v) is 3.44. The number of nitrogens with zero attached hydrogens (tertiary/aromatic N) is 1. The smallest absolute Gasteiger partial charge is 0.116 e. The van der Waals surface area contributed by atoms with Gasteiger partial charge in [-0.1, -0.05) is 13.0 Å². The molecule has 12 heavy (non-hydrogen) atoms. The van der Waals surface area contributed by atoms with Crippen LogP contribution in [0.2, 0.25) is 0 Å². The van der Waals surface area contributed by atoms with E-state index in [4.69, 9.17) is 0 Å². The van der Waals surface area contributed by atoms with E-state index in [2.05, 4.69) is 11.9 Å². The van der Waals surface area contributed by atoms with Crippen LogP contribution in [-0.2, 0) is 0 Å². The lowest BCUT2D eigenvalue weighted by atomic mass is 10.0. The highest BCUT2D eigenvalue weighted by Crippen LogP contribution is 2.11. The second kappa shape index (κ2) is 5.07. The molecule has 0 saturated heterocycles. The molecule has 0 aromatic rings. The third kappa shape index (κ3) is 3.16. The molecule has 0 aromatic carbocycles. The first-order valence-electron chi connectivity index (χ1n) is 4.57. The van der Waals surface area contributed by atoms with Crippen LogP contribution in [0, 0.1) is 5.92 Å². The number of halogens is 1. The molecule has 68 valence electrons. The summed E-state index contributed by atoms with van der Waals surface area (Å²) < 4.78 is 12.3. The van der Waals surface area contributed by atoms with Gasteiger partial charge >= 0.3 is 0 Å². The van der Waals surface area contributed by atoms with Crippen LogP contribution < -0.4 is 0 Å². The van der Waals surface area contributed by atoms with Gasteiger partial charge in [0.2, 0.25) is 0 Å². The average molecular weight is 169 g/mol. The van der Waals surface area contributed by atoms with Crippen molar-refractivity contribution in [3.05, 3.63) is 11.6 Å². The predicted molar refractivity (Wildman–Crippen MR) is 50.4 cm³/mol. The van der Waals surface area contributed by atoms with Crippen LogP contribution in [0.4, 0.5) is 4.39 Å². The fraction of sp³-hybridized carbons (Fsp3) is 0.700. The third-order valence-corrected chi connectivity index (χ3v) is 2.14. The molecule has 0 aliphatic carbocycles. The first-order valence-corrected chi connectivity index (χ1v) is 4.57. The number of hydrogen-bond acceptors (Lipinski definition) is 1. The molecule has 0 radical (unpaired) electrons. The Kier molecular flexibility index (Phi) is 3.98. The Hall–Kier alpha value is -0.660. The summed E-state index contributed by atoms with van der Waals surface area (Å²) in [5.74, 6) is 0.647. The van der Waals surface area contributed by atoms with Crippen molar-refractivity contribution in [3.63, 3.8) is 0 Å². The summed E-state index contributed by atoms with van der Waals surface area (Å²) in [6, 6.07) is 0. The van der Waals surface area contributed by atoms with E-state index in [0.29, 0.717) is 5.92 Å². The molecular weight excluding hydrogens is 153 g/mol. The van der Waals surface area contributed by atoms with Crippen molar-refractivity contribution in [2.75, 3.05) is 13.2 Å². The van der Waals surface area contributed by atoms with E-state index in [-0.39, 0.29) is 6.67 Å². The average Bonchev–Trinajstić information content (AvgIpc) is 2.17. The fourth-order valence-electron chi connectivity index (χ4n) is 1.34. The number of rotatable bonds is 1. The van der Waals surface area contributed by atoms with Crippen molar-refractivity contribution in [2.24, 2.45) is 10.9 Å². The van der Waals surface area contributed by atoms with E-state index in [0.717, 1.165) is 25.0 Å². The minimum atomic E-state index is -0.377. The van der Waals surface area contributed by atoms with Crippen molar-refractivity contribution < 1.29 is 4.39 Å². The van der Waals surface area contributed by atoms with Crippen LogP contribution >= 0.6 is 0 Å². The third-order valence-electron chi connectivity index (χ3n) is 2.14. The Bertz CT molecular complexity index is 184. The summed E-state index contributed by atoms with van der Waals surface area (Å²) >= 11 is 0. The molecule has 0 amide bonds. The molecule has 0 unspecified atom stereocenters. The van der Waals surface area contributed by atoms with Gasteiger partial charge in [-0.3, -0.25) is 4.99 Å². The molecular formula is C10H16FN. The molecule has 0 spiro atoms. The zero-order valence-corrected chi connectivity index (χ0v) is 7.59. The quantitative estimate of drug-likeness (QED) is 0.572. The molecule has 0 aromatic heterocycles. The van der Waals surface area contributed by atoms with E-state index in [1.807, 2.05) is 6.08 Å². The van der Waals surface area contributed by atoms with Crippen molar-refractivity contribution in [2.45, 2.75) is 26.2 Å². The van der Waals surface area contributed by atoms with Gasteiger partial charge in [0.05, 0.1) is 0 Å². The van der Waals surface area contributed by atoms with Gasteiger partial charge in [-0.25, -0.2) is 4.39 Å². The molecule has 1 rings (SSSR count). The van der Waals surface area contributed by atoms with Gasteiger partial charge < -0.3 is 0 Å².